The molecule has 1 aromatic heterocycles. The lowest BCUT2D eigenvalue weighted by molar-refractivity contribution is 0.229. The lowest BCUT2D eigenvalue weighted by Crippen LogP contribution is -2.34. The lowest BCUT2D eigenvalue weighted by Gasteiger charge is -2.14. The molecule has 94 valence electrons. The van der Waals surface area contributed by atoms with Gasteiger partial charge in [0.2, 0.25) is 0 Å². The number of hydrogen-bond acceptors (Lipinski definition) is 3. The minimum atomic E-state index is 0.000650. The van der Waals surface area contributed by atoms with Gasteiger partial charge in [-0.15, -0.1) is 0 Å². The van der Waals surface area contributed by atoms with Crippen molar-refractivity contribution < 1.29 is 5.11 Å². The highest BCUT2D eigenvalue weighted by Gasteiger charge is 2.41. The molecule has 3 rings (SSSR count). The number of nitrogens with zero attached hydrogens (tertiary/aromatic N) is 2. The molecule has 0 atom stereocenters. The molecule has 1 aliphatic carbocycles. The van der Waals surface area contributed by atoms with Gasteiger partial charge < -0.3 is 10.4 Å². The molecule has 0 radical (unpaired) electrons. The monoisotopic (exact) mass is 243 g/mol. The maximum Gasteiger partial charge on any atom is 0.0645 e. The van der Waals surface area contributed by atoms with Crippen molar-refractivity contribution >= 4 is 0 Å². The van der Waals surface area contributed by atoms with Crippen LogP contribution in [-0.2, 0) is 6.54 Å². The molecule has 0 amide bonds. The summed E-state index contributed by atoms with van der Waals surface area (Å²) in [4.78, 5) is 0. The molecule has 4 heteroatoms. The Labute approximate surface area is 106 Å². The third-order valence-corrected chi connectivity index (χ3v) is 3.53. The van der Waals surface area contributed by atoms with E-state index in [0.717, 1.165) is 25.1 Å². The molecular formula is C14H17N3O. The largest absolute Gasteiger partial charge is 0.394 e. The Hall–Kier alpha value is -1.65. The summed E-state index contributed by atoms with van der Waals surface area (Å²) in [6, 6.07) is 10.2. The molecule has 1 heterocycles. The molecule has 2 N–H and O–H groups in total. The van der Waals surface area contributed by atoms with Crippen LogP contribution < -0.4 is 5.32 Å². The van der Waals surface area contributed by atoms with Crippen molar-refractivity contribution in [2.45, 2.75) is 24.9 Å². The highest BCUT2D eigenvalue weighted by atomic mass is 16.3. The summed E-state index contributed by atoms with van der Waals surface area (Å²) >= 11 is 0. The van der Waals surface area contributed by atoms with Crippen molar-refractivity contribution in [1.29, 1.82) is 0 Å². The third-order valence-electron chi connectivity index (χ3n) is 3.53. The molecule has 0 unspecified atom stereocenters. The Morgan fingerprint density at radius 1 is 1.28 bits per heavy atom. The minimum absolute atomic E-state index is 0.000650. The molecular weight excluding hydrogens is 226 g/mol. The molecule has 1 aliphatic rings. The molecule has 1 saturated carbocycles. The van der Waals surface area contributed by atoms with Crippen LogP contribution in [0.25, 0.3) is 5.69 Å². The van der Waals surface area contributed by atoms with Crippen LogP contribution in [0.3, 0.4) is 0 Å². The summed E-state index contributed by atoms with van der Waals surface area (Å²) in [6.45, 7) is 1.04. The third kappa shape index (κ3) is 2.30. The standard InChI is InChI=1S/C14H17N3O/c18-11-14(6-7-14)15-10-12-2-4-13(5-3-12)17-9-1-8-16-17/h1-5,8-9,15,18H,6-7,10-11H2. The van der Waals surface area contributed by atoms with E-state index >= 15 is 0 Å². The molecule has 1 aromatic carbocycles. The number of nitrogens with one attached hydrogen (secondary N) is 1. The Bertz CT molecular complexity index is 500. The van der Waals surface area contributed by atoms with Gasteiger partial charge in [-0.3, -0.25) is 0 Å². The molecule has 0 aliphatic heterocycles. The smallest absolute Gasteiger partial charge is 0.0645 e. The first-order valence-electron chi connectivity index (χ1n) is 6.26. The number of aromatic nitrogens is 2. The Morgan fingerprint density at radius 2 is 2.06 bits per heavy atom. The predicted octanol–water partition coefficient (Wildman–Crippen LogP) is 1.49. The van der Waals surface area contributed by atoms with Crippen LogP contribution in [0.2, 0.25) is 0 Å². The number of aliphatic hydroxyl groups is 1. The topological polar surface area (TPSA) is 50.1 Å². The molecule has 0 bridgehead atoms. The second-order valence-electron chi connectivity index (χ2n) is 4.91. The number of rotatable bonds is 5. The predicted molar refractivity (Wildman–Crippen MR) is 69.5 cm³/mol. The van der Waals surface area contributed by atoms with Gasteiger partial charge in [-0.05, 0) is 36.6 Å². The normalized spacial score (nSPS) is 16.7. The van der Waals surface area contributed by atoms with E-state index in [1.807, 2.05) is 16.9 Å². The van der Waals surface area contributed by atoms with Gasteiger partial charge in [-0.1, -0.05) is 12.1 Å². The molecule has 1 fully saturated rings. The maximum atomic E-state index is 9.23. The van der Waals surface area contributed by atoms with E-state index in [1.165, 1.54) is 5.56 Å². The zero-order chi connectivity index (χ0) is 12.4. The van der Waals surface area contributed by atoms with E-state index in [2.05, 4.69) is 34.7 Å². The zero-order valence-corrected chi connectivity index (χ0v) is 10.2. The van der Waals surface area contributed by atoms with Gasteiger partial charge in [0, 0.05) is 24.5 Å². The van der Waals surface area contributed by atoms with Crippen molar-refractivity contribution in [2.24, 2.45) is 0 Å². The average molecular weight is 243 g/mol. The fraction of sp³-hybridized carbons (Fsp3) is 0.357. The zero-order valence-electron chi connectivity index (χ0n) is 10.2. The molecule has 18 heavy (non-hydrogen) atoms. The van der Waals surface area contributed by atoms with Crippen LogP contribution >= 0.6 is 0 Å². The molecule has 4 nitrogen and oxygen atoms in total. The van der Waals surface area contributed by atoms with Crippen LogP contribution in [0, 0.1) is 0 Å². The van der Waals surface area contributed by atoms with E-state index in [0.29, 0.717) is 0 Å². The molecule has 0 spiro atoms. The summed E-state index contributed by atoms with van der Waals surface area (Å²) in [7, 11) is 0. The summed E-state index contributed by atoms with van der Waals surface area (Å²) < 4.78 is 1.84. The van der Waals surface area contributed by atoms with Gasteiger partial charge in [0.1, 0.15) is 0 Å². The summed E-state index contributed by atoms with van der Waals surface area (Å²) in [6.07, 6.45) is 5.86. The van der Waals surface area contributed by atoms with E-state index < -0.39 is 0 Å². The van der Waals surface area contributed by atoms with Gasteiger partial charge in [0.25, 0.3) is 0 Å². The van der Waals surface area contributed by atoms with Gasteiger partial charge in [-0.2, -0.15) is 5.10 Å². The summed E-state index contributed by atoms with van der Waals surface area (Å²) in [5.41, 5.74) is 2.29. The minimum Gasteiger partial charge on any atom is -0.394 e. The van der Waals surface area contributed by atoms with E-state index in [1.54, 1.807) is 6.20 Å². The van der Waals surface area contributed by atoms with Crippen LogP contribution in [0.5, 0.6) is 0 Å². The second-order valence-corrected chi connectivity index (χ2v) is 4.91. The molecule has 0 saturated heterocycles. The number of hydrogen-bond donors (Lipinski definition) is 2. The van der Waals surface area contributed by atoms with Crippen LogP contribution in [0.15, 0.2) is 42.7 Å². The Balaban J connectivity index is 1.64. The highest BCUT2D eigenvalue weighted by molar-refractivity contribution is 5.33. The van der Waals surface area contributed by atoms with Crippen molar-refractivity contribution in [3.05, 3.63) is 48.3 Å². The van der Waals surface area contributed by atoms with E-state index in [9.17, 15) is 5.11 Å². The first-order valence-corrected chi connectivity index (χ1v) is 6.26. The quantitative estimate of drug-likeness (QED) is 0.836. The molecule has 2 aromatic rings. The van der Waals surface area contributed by atoms with E-state index in [4.69, 9.17) is 0 Å². The van der Waals surface area contributed by atoms with Crippen LogP contribution in [0.1, 0.15) is 18.4 Å². The second kappa shape index (κ2) is 4.55. The van der Waals surface area contributed by atoms with Crippen LogP contribution in [0.4, 0.5) is 0 Å². The van der Waals surface area contributed by atoms with Gasteiger partial charge >= 0.3 is 0 Å². The number of benzene rings is 1. The summed E-state index contributed by atoms with van der Waals surface area (Å²) in [5.74, 6) is 0. The summed E-state index contributed by atoms with van der Waals surface area (Å²) in [5, 5.41) is 16.8. The fourth-order valence-electron chi connectivity index (χ4n) is 2.02. The lowest BCUT2D eigenvalue weighted by atomic mass is 10.2. The SMILES string of the molecule is OCC1(NCc2ccc(-n3cccn3)cc2)CC1. The van der Waals surface area contributed by atoms with Crippen molar-refractivity contribution in [3.8, 4) is 5.69 Å². The number of aliphatic hydroxyl groups excluding tert-OH is 1. The van der Waals surface area contributed by atoms with Gasteiger partial charge in [0.15, 0.2) is 0 Å². The van der Waals surface area contributed by atoms with Crippen LogP contribution in [-0.4, -0.2) is 27.0 Å². The average Bonchev–Trinajstić information content (AvgIpc) is 3.00. The first kappa shape index (κ1) is 11.4. The van der Waals surface area contributed by atoms with E-state index in [-0.39, 0.29) is 12.1 Å². The Kier molecular flexibility index (Phi) is 2.89. The Morgan fingerprint density at radius 3 is 2.61 bits per heavy atom. The van der Waals surface area contributed by atoms with Crippen molar-refractivity contribution in [2.75, 3.05) is 6.61 Å². The highest BCUT2D eigenvalue weighted by Crippen LogP contribution is 2.34. The maximum absolute atomic E-state index is 9.23. The van der Waals surface area contributed by atoms with Crippen molar-refractivity contribution in [3.63, 3.8) is 0 Å². The van der Waals surface area contributed by atoms with Gasteiger partial charge in [-0.25, -0.2) is 4.68 Å². The fourth-order valence-corrected chi connectivity index (χ4v) is 2.02. The van der Waals surface area contributed by atoms with Crippen molar-refractivity contribution in [1.82, 2.24) is 15.1 Å². The van der Waals surface area contributed by atoms with Gasteiger partial charge in [0.05, 0.1) is 12.3 Å². The first-order chi connectivity index (χ1) is 8.81.